The highest BCUT2D eigenvalue weighted by Crippen LogP contribution is 2.34. The first kappa shape index (κ1) is 25.6. The predicted octanol–water partition coefficient (Wildman–Crippen LogP) is 7.04. The van der Waals surface area contributed by atoms with Crippen LogP contribution in [0.15, 0.2) is 70.4 Å². The van der Waals surface area contributed by atoms with Gasteiger partial charge in [0.1, 0.15) is 17.4 Å². The molecular formula is C31H33N5O2S. The number of thioether (sulfide) groups is 1. The molecule has 1 aliphatic carbocycles. The van der Waals surface area contributed by atoms with Gasteiger partial charge in [-0.2, -0.15) is 15.1 Å². The number of hydrazone groups is 1. The lowest BCUT2D eigenvalue weighted by Crippen LogP contribution is -2.35. The van der Waals surface area contributed by atoms with Gasteiger partial charge in [0.05, 0.1) is 12.1 Å². The molecule has 0 spiro atoms. The zero-order valence-corrected chi connectivity index (χ0v) is 23.2. The number of nitrogens with one attached hydrogen (secondary N) is 1. The van der Waals surface area contributed by atoms with Crippen molar-refractivity contribution in [2.24, 2.45) is 16.0 Å². The summed E-state index contributed by atoms with van der Waals surface area (Å²) in [6.45, 7) is 5.26. The summed E-state index contributed by atoms with van der Waals surface area (Å²) >= 11 is 1.36. The fourth-order valence-corrected chi connectivity index (χ4v) is 6.40. The topological polar surface area (TPSA) is 83.0 Å². The van der Waals surface area contributed by atoms with Gasteiger partial charge in [0.25, 0.3) is 5.91 Å². The monoisotopic (exact) mass is 539 g/mol. The minimum atomic E-state index is -0.407. The minimum absolute atomic E-state index is 0.0602. The van der Waals surface area contributed by atoms with E-state index in [9.17, 15) is 4.79 Å². The maximum atomic E-state index is 12.9. The molecule has 1 fully saturated rings. The number of hydrogen-bond acceptors (Lipinski definition) is 5. The third-order valence-electron chi connectivity index (χ3n) is 7.64. The second-order valence-corrected chi connectivity index (χ2v) is 11.6. The van der Waals surface area contributed by atoms with Crippen LogP contribution in [0.5, 0.6) is 5.75 Å². The highest BCUT2D eigenvalue weighted by atomic mass is 32.2. The van der Waals surface area contributed by atoms with Crippen molar-refractivity contribution >= 4 is 50.7 Å². The summed E-state index contributed by atoms with van der Waals surface area (Å²) in [6, 6.07) is 16.7. The Morgan fingerprint density at radius 3 is 2.64 bits per heavy atom. The van der Waals surface area contributed by atoms with Crippen LogP contribution in [-0.4, -0.2) is 38.1 Å². The van der Waals surface area contributed by atoms with E-state index in [1.807, 2.05) is 38.2 Å². The zero-order chi connectivity index (χ0) is 26.9. The van der Waals surface area contributed by atoms with E-state index in [1.54, 1.807) is 6.08 Å². The van der Waals surface area contributed by atoms with Crippen LogP contribution >= 0.6 is 11.8 Å². The quantitative estimate of drug-likeness (QED) is 0.326. The van der Waals surface area contributed by atoms with E-state index in [-0.39, 0.29) is 17.3 Å². The van der Waals surface area contributed by atoms with E-state index in [2.05, 4.69) is 45.0 Å². The molecule has 2 aliphatic heterocycles. The number of para-hydroxylation sites is 1. The molecule has 6 rings (SSSR count). The van der Waals surface area contributed by atoms with Gasteiger partial charge in [0.15, 0.2) is 5.84 Å². The molecule has 1 N–H and O–H groups in total. The van der Waals surface area contributed by atoms with Crippen LogP contribution in [0.25, 0.3) is 17.0 Å². The maximum Gasteiger partial charge on any atom is 0.283 e. The zero-order valence-electron chi connectivity index (χ0n) is 22.4. The van der Waals surface area contributed by atoms with Crippen molar-refractivity contribution in [3.05, 3.63) is 71.4 Å². The number of ether oxygens (including phenoxy) is 1. The molecule has 39 heavy (non-hydrogen) atoms. The van der Waals surface area contributed by atoms with Crippen LogP contribution in [0.4, 0.5) is 0 Å². The predicted molar refractivity (Wildman–Crippen MR) is 160 cm³/mol. The van der Waals surface area contributed by atoms with Crippen LogP contribution in [-0.2, 0) is 11.3 Å². The lowest BCUT2D eigenvalue weighted by Gasteiger charge is -2.22. The summed E-state index contributed by atoms with van der Waals surface area (Å²) in [5.41, 5.74) is 3.59. The Balaban J connectivity index is 1.19. The Kier molecular flexibility index (Phi) is 7.12. The first-order valence-electron chi connectivity index (χ1n) is 13.8. The molecular weight excluding hydrogens is 506 g/mol. The van der Waals surface area contributed by atoms with Crippen molar-refractivity contribution in [1.29, 1.82) is 5.41 Å². The summed E-state index contributed by atoms with van der Waals surface area (Å²) in [6.07, 6.45) is 10.4. The standard InChI is InChI=1S/C31H33N5O2S/c1-20(2)30-34-36-28(32)26(29(37)33-31(36)39-30)18-23-19-35(27-11-7-6-10-25(23)27)16-17-38-24-14-12-22(13-15-24)21-8-4-3-5-9-21/h6-7,10-15,18-21,32H,3-5,8-9,16-17H2,1-2H3. The van der Waals surface area contributed by atoms with E-state index >= 15 is 0 Å². The lowest BCUT2D eigenvalue weighted by molar-refractivity contribution is -0.114. The van der Waals surface area contributed by atoms with Gasteiger partial charge >= 0.3 is 0 Å². The van der Waals surface area contributed by atoms with Crippen molar-refractivity contribution < 1.29 is 9.53 Å². The number of amides is 1. The summed E-state index contributed by atoms with van der Waals surface area (Å²) in [4.78, 5) is 17.1. The third-order valence-corrected chi connectivity index (χ3v) is 8.85. The Morgan fingerprint density at radius 2 is 1.87 bits per heavy atom. The largest absolute Gasteiger partial charge is 0.492 e. The van der Waals surface area contributed by atoms with E-state index < -0.39 is 5.91 Å². The lowest BCUT2D eigenvalue weighted by atomic mass is 9.84. The van der Waals surface area contributed by atoms with Gasteiger partial charge in [-0.1, -0.05) is 63.4 Å². The minimum Gasteiger partial charge on any atom is -0.492 e. The van der Waals surface area contributed by atoms with Gasteiger partial charge in [-0.25, -0.2) is 0 Å². The van der Waals surface area contributed by atoms with Crippen LogP contribution < -0.4 is 4.74 Å². The highest BCUT2D eigenvalue weighted by Gasteiger charge is 2.36. The second-order valence-electron chi connectivity index (χ2n) is 10.7. The molecule has 2 aromatic carbocycles. The number of carbonyl (C=O) groups is 1. The highest BCUT2D eigenvalue weighted by molar-refractivity contribution is 8.27. The normalized spacial score (nSPS) is 19.2. The van der Waals surface area contributed by atoms with E-state index in [4.69, 9.17) is 10.1 Å². The van der Waals surface area contributed by atoms with Gasteiger partial charge in [0.2, 0.25) is 5.17 Å². The smallest absolute Gasteiger partial charge is 0.283 e. The van der Waals surface area contributed by atoms with Gasteiger partial charge in [0, 0.05) is 28.6 Å². The van der Waals surface area contributed by atoms with Crippen LogP contribution in [0.1, 0.15) is 63.0 Å². The number of fused-ring (bicyclic) bond motifs is 2. The Labute approximate surface area is 233 Å². The van der Waals surface area contributed by atoms with Gasteiger partial charge in [-0.15, -0.1) is 0 Å². The Morgan fingerprint density at radius 1 is 1.10 bits per heavy atom. The van der Waals surface area contributed by atoms with E-state index in [1.165, 1.54) is 54.4 Å². The number of aromatic nitrogens is 1. The van der Waals surface area contributed by atoms with Crippen molar-refractivity contribution in [2.45, 2.75) is 58.4 Å². The Hall–Kier alpha value is -3.65. The number of aliphatic imine (C=N–C) groups is 1. The van der Waals surface area contributed by atoms with Crippen molar-refractivity contribution in [3.63, 3.8) is 0 Å². The number of rotatable bonds is 7. The molecule has 1 saturated carbocycles. The molecule has 0 atom stereocenters. The molecule has 0 saturated heterocycles. The van der Waals surface area contributed by atoms with Gasteiger partial charge < -0.3 is 9.30 Å². The van der Waals surface area contributed by atoms with Gasteiger partial charge in [-0.3, -0.25) is 10.2 Å². The first-order valence-corrected chi connectivity index (χ1v) is 14.6. The van der Waals surface area contributed by atoms with Crippen LogP contribution in [0.2, 0.25) is 0 Å². The first-order chi connectivity index (χ1) is 19.0. The third kappa shape index (κ3) is 5.17. The molecule has 8 heteroatoms. The Bertz CT molecular complexity index is 1510. The van der Waals surface area contributed by atoms with Crippen LogP contribution in [0.3, 0.4) is 0 Å². The molecule has 3 heterocycles. The number of benzene rings is 2. The van der Waals surface area contributed by atoms with Crippen molar-refractivity contribution in [1.82, 2.24) is 9.58 Å². The number of hydrogen-bond donors (Lipinski definition) is 1. The molecule has 3 aromatic rings. The number of amidine groups is 2. The fourth-order valence-electron chi connectivity index (χ4n) is 5.50. The van der Waals surface area contributed by atoms with E-state index in [0.717, 1.165) is 27.3 Å². The average molecular weight is 540 g/mol. The van der Waals surface area contributed by atoms with Crippen molar-refractivity contribution in [2.75, 3.05) is 6.61 Å². The van der Waals surface area contributed by atoms with Crippen molar-refractivity contribution in [3.8, 4) is 5.75 Å². The average Bonchev–Trinajstić information content (AvgIpc) is 3.54. The fraction of sp³-hybridized carbons (Fsp3) is 0.355. The van der Waals surface area contributed by atoms with E-state index in [0.29, 0.717) is 24.2 Å². The summed E-state index contributed by atoms with van der Waals surface area (Å²) in [5.74, 6) is 1.43. The van der Waals surface area contributed by atoms with Gasteiger partial charge in [-0.05, 0) is 60.4 Å². The SMILES string of the molecule is CC(C)C1=NN2C(=N)C(=Cc3cn(CCOc4ccc(C5CCCCC5)cc4)c4ccccc34)C(=O)N=C2S1. The molecule has 0 radical (unpaired) electrons. The summed E-state index contributed by atoms with van der Waals surface area (Å²) < 4.78 is 8.25. The molecule has 3 aliphatic rings. The second kappa shape index (κ2) is 10.8. The molecule has 200 valence electrons. The number of carbonyl (C=O) groups excluding carboxylic acids is 1. The van der Waals surface area contributed by atoms with Crippen LogP contribution in [0, 0.1) is 11.3 Å². The molecule has 0 unspecified atom stereocenters. The molecule has 1 amide bonds. The summed E-state index contributed by atoms with van der Waals surface area (Å²) in [7, 11) is 0. The maximum absolute atomic E-state index is 12.9. The summed E-state index contributed by atoms with van der Waals surface area (Å²) in [5, 5.41) is 17.0. The molecule has 1 aromatic heterocycles. The molecule has 7 nitrogen and oxygen atoms in total. The molecule has 0 bridgehead atoms. The number of nitrogens with zero attached hydrogens (tertiary/aromatic N) is 4.